The molecule has 0 aromatic carbocycles. The summed E-state index contributed by atoms with van der Waals surface area (Å²) in [7, 11) is 0. The van der Waals surface area contributed by atoms with Crippen LogP contribution in [0.3, 0.4) is 0 Å². The minimum atomic E-state index is -2.28. The van der Waals surface area contributed by atoms with Crippen molar-refractivity contribution in [2.45, 2.75) is 83.4 Å². The minimum absolute atomic E-state index is 0.209. The van der Waals surface area contributed by atoms with Crippen molar-refractivity contribution in [3.05, 3.63) is 0 Å². The lowest BCUT2D eigenvalue weighted by Gasteiger charge is -2.17. The maximum Gasteiger partial charge on any atom is 0.354 e. The lowest BCUT2D eigenvalue weighted by Crippen LogP contribution is -2.39. The number of hydrogen-bond acceptors (Lipinski definition) is 4. The first kappa shape index (κ1) is 24.5. The van der Waals surface area contributed by atoms with Gasteiger partial charge in [-0.1, -0.05) is 89.4 Å². The third-order valence-corrected chi connectivity index (χ3v) is 4.45. The van der Waals surface area contributed by atoms with Gasteiger partial charge in [0.05, 0.1) is 13.2 Å². The molecule has 0 heterocycles. The fraction of sp³-hybridized carbons (Fsp3) is 0.895. The zero-order valence-corrected chi connectivity index (χ0v) is 17.6. The summed E-state index contributed by atoms with van der Waals surface area (Å²) in [4.78, 5) is 23.7. The molecule has 0 aromatic heterocycles. The molecule has 148 valence electrons. The zero-order valence-electron chi connectivity index (χ0n) is 16.1. The third-order valence-electron chi connectivity index (χ3n) is 3.83. The lowest BCUT2D eigenvalue weighted by molar-refractivity contribution is -0.156. The lowest BCUT2D eigenvalue weighted by atomic mass is 10.1. The maximum atomic E-state index is 11.9. The molecule has 25 heavy (non-hydrogen) atoms. The Kier molecular flexibility index (Phi) is 13.4. The molecular weight excluding hydrogens is 363 g/mol. The van der Waals surface area contributed by atoms with Crippen LogP contribution >= 0.6 is 23.2 Å². The van der Waals surface area contributed by atoms with Crippen molar-refractivity contribution >= 4 is 35.1 Å². The molecule has 0 amide bonds. The van der Waals surface area contributed by atoms with E-state index in [1.54, 1.807) is 0 Å². The first-order valence-corrected chi connectivity index (χ1v) is 10.2. The average molecular weight is 397 g/mol. The number of esters is 2. The predicted molar refractivity (Wildman–Crippen MR) is 103 cm³/mol. The smallest absolute Gasteiger partial charge is 0.354 e. The summed E-state index contributed by atoms with van der Waals surface area (Å²) < 4.78 is 7.72. The van der Waals surface area contributed by atoms with Crippen molar-refractivity contribution in [2.75, 3.05) is 13.2 Å². The molecule has 0 aromatic rings. The number of rotatable bonds is 14. The summed E-state index contributed by atoms with van der Waals surface area (Å²) in [5, 5.41) is 0. The second-order valence-electron chi connectivity index (χ2n) is 7.33. The molecule has 0 saturated carbocycles. The monoisotopic (exact) mass is 396 g/mol. The molecule has 0 rings (SSSR count). The highest BCUT2D eigenvalue weighted by Crippen LogP contribution is 2.25. The van der Waals surface area contributed by atoms with Gasteiger partial charge in [-0.05, 0) is 24.7 Å². The SMILES string of the molecule is CC(C)CCCCCOC(=O)C(Cl)(Cl)C(=O)OCCCCCC(C)C. The molecular formula is C19H34Cl2O4. The largest absolute Gasteiger partial charge is 0.463 e. The van der Waals surface area contributed by atoms with Crippen molar-refractivity contribution in [3.8, 4) is 0 Å². The summed E-state index contributed by atoms with van der Waals surface area (Å²) in [6, 6.07) is 0. The summed E-state index contributed by atoms with van der Waals surface area (Å²) in [6.07, 6.45) is 7.84. The first-order valence-electron chi connectivity index (χ1n) is 9.40. The highest BCUT2D eigenvalue weighted by molar-refractivity contribution is 6.66. The van der Waals surface area contributed by atoms with Gasteiger partial charge < -0.3 is 9.47 Å². The van der Waals surface area contributed by atoms with Gasteiger partial charge in [-0.25, -0.2) is 9.59 Å². The van der Waals surface area contributed by atoms with E-state index in [9.17, 15) is 9.59 Å². The number of halogens is 2. The van der Waals surface area contributed by atoms with E-state index in [4.69, 9.17) is 32.7 Å². The summed E-state index contributed by atoms with van der Waals surface area (Å²) in [6.45, 7) is 9.11. The Labute approximate surface area is 162 Å². The van der Waals surface area contributed by atoms with Gasteiger partial charge in [-0.3, -0.25) is 0 Å². The highest BCUT2D eigenvalue weighted by atomic mass is 35.5. The highest BCUT2D eigenvalue weighted by Gasteiger charge is 2.45. The molecule has 6 heteroatoms. The van der Waals surface area contributed by atoms with Crippen LogP contribution in [-0.2, 0) is 19.1 Å². The Balaban J connectivity index is 3.90. The van der Waals surface area contributed by atoms with Crippen molar-refractivity contribution in [3.63, 3.8) is 0 Å². The van der Waals surface area contributed by atoms with E-state index in [0.717, 1.165) is 51.4 Å². The van der Waals surface area contributed by atoms with Crippen molar-refractivity contribution < 1.29 is 19.1 Å². The minimum Gasteiger partial charge on any atom is -0.463 e. The van der Waals surface area contributed by atoms with E-state index >= 15 is 0 Å². The van der Waals surface area contributed by atoms with Gasteiger partial charge in [0.2, 0.25) is 0 Å². The van der Waals surface area contributed by atoms with Crippen LogP contribution in [0.4, 0.5) is 0 Å². The first-order chi connectivity index (χ1) is 11.7. The van der Waals surface area contributed by atoms with E-state index in [1.807, 2.05) is 0 Å². The van der Waals surface area contributed by atoms with Gasteiger partial charge in [0.25, 0.3) is 0 Å². The van der Waals surface area contributed by atoms with Gasteiger partial charge >= 0.3 is 16.3 Å². The molecule has 0 spiro atoms. The maximum absolute atomic E-state index is 11.9. The van der Waals surface area contributed by atoms with Gasteiger partial charge in [0, 0.05) is 0 Å². The Morgan fingerprint density at radius 1 is 0.720 bits per heavy atom. The van der Waals surface area contributed by atoms with Crippen molar-refractivity contribution in [1.29, 1.82) is 0 Å². The third kappa shape index (κ3) is 12.5. The Morgan fingerprint density at radius 3 is 1.40 bits per heavy atom. The summed E-state index contributed by atoms with van der Waals surface area (Å²) >= 11 is 11.6. The molecule has 0 unspecified atom stereocenters. The van der Waals surface area contributed by atoms with E-state index in [2.05, 4.69) is 27.7 Å². The Bertz CT molecular complexity index is 348. The van der Waals surface area contributed by atoms with Crippen LogP contribution in [0.5, 0.6) is 0 Å². The van der Waals surface area contributed by atoms with Gasteiger partial charge in [0.1, 0.15) is 0 Å². The van der Waals surface area contributed by atoms with Crippen molar-refractivity contribution in [2.24, 2.45) is 11.8 Å². The van der Waals surface area contributed by atoms with Crippen LogP contribution in [-0.4, -0.2) is 29.5 Å². The predicted octanol–water partition coefficient (Wildman–Crippen LogP) is 5.68. The second-order valence-corrected chi connectivity index (χ2v) is 8.66. The van der Waals surface area contributed by atoms with Crippen LogP contribution < -0.4 is 0 Å². The number of alkyl halides is 2. The van der Waals surface area contributed by atoms with Crippen LogP contribution in [0.15, 0.2) is 0 Å². The van der Waals surface area contributed by atoms with E-state index < -0.39 is 16.3 Å². The second kappa shape index (κ2) is 13.7. The summed E-state index contributed by atoms with van der Waals surface area (Å²) in [5.41, 5.74) is 0. The molecule has 4 nitrogen and oxygen atoms in total. The van der Waals surface area contributed by atoms with Crippen LogP contribution in [0.1, 0.15) is 79.1 Å². The molecule has 0 saturated heterocycles. The molecule has 0 aliphatic heterocycles. The number of carbonyl (C=O) groups excluding carboxylic acids is 2. The molecule has 0 atom stereocenters. The number of carbonyl (C=O) groups is 2. The number of ether oxygens (including phenoxy) is 2. The topological polar surface area (TPSA) is 52.6 Å². The molecule has 0 N–H and O–H groups in total. The number of hydrogen-bond donors (Lipinski definition) is 0. The van der Waals surface area contributed by atoms with Crippen molar-refractivity contribution in [1.82, 2.24) is 0 Å². The molecule has 0 aliphatic rings. The zero-order chi connectivity index (χ0) is 19.3. The fourth-order valence-corrected chi connectivity index (χ4v) is 2.48. The fourth-order valence-electron chi connectivity index (χ4n) is 2.26. The van der Waals surface area contributed by atoms with Crippen LogP contribution in [0, 0.1) is 11.8 Å². The molecule has 0 aliphatic carbocycles. The normalized spacial score (nSPS) is 11.8. The molecule has 0 bridgehead atoms. The number of unbranched alkanes of at least 4 members (excludes halogenated alkanes) is 4. The molecule has 0 radical (unpaired) electrons. The quantitative estimate of drug-likeness (QED) is 0.164. The van der Waals surface area contributed by atoms with Crippen LogP contribution in [0.25, 0.3) is 0 Å². The van der Waals surface area contributed by atoms with E-state index in [0.29, 0.717) is 11.8 Å². The Morgan fingerprint density at radius 2 is 1.08 bits per heavy atom. The standard InChI is InChI=1S/C19H34Cl2O4/c1-15(2)11-7-5-9-13-24-17(22)19(20,21)18(23)25-14-10-6-8-12-16(3)4/h15-16H,5-14H2,1-4H3. The van der Waals surface area contributed by atoms with E-state index in [-0.39, 0.29) is 13.2 Å². The Hall–Kier alpha value is -0.480. The van der Waals surface area contributed by atoms with Gasteiger partial charge in [0.15, 0.2) is 0 Å². The van der Waals surface area contributed by atoms with Gasteiger partial charge in [-0.2, -0.15) is 0 Å². The van der Waals surface area contributed by atoms with Crippen LogP contribution in [0.2, 0.25) is 0 Å². The summed E-state index contributed by atoms with van der Waals surface area (Å²) in [5.74, 6) is -0.573. The molecule has 0 fully saturated rings. The van der Waals surface area contributed by atoms with E-state index in [1.165, 1.54) is 0 Å². The van der Waals surface area contributed by atoms with Gasteiger partial charge in [-0.15, -0.1) is 0 Å². The average Bonchev–Trinajstić information content (AvgIpc) is 2.52.